The number of hydrogen-bond donors (Lipinski definition) is 2. The van der Waals surface area contributed by atoms with E-state index in [9.17, 15) is 13.6 Å². The van der Waals surface area contributed by atoms with Gasteiger partial charge in [-0.2, -0.15) is 0 Å². The van der Waals surface area contributed by atoms with Crippen LogP contribution in [0.5, 0.6) is 0 Å². The predicted molar refractivity (Wildman–Crippen MR) is 84.2 cm³/mol. The molecular formula is C15H22F2N2OS. The largest absolute Gasteiger partial charge is 0.326 e. The van der Waals surface area contributed by atoms with E-state index in [1.54, 1.807) is 11.9 Å². The Morgan fingerprint density at radius 2 is 1.76 bits per heavy atom. The Balaban J connectivity index is 2.20. The van der Waals surface area contributed by atoms with Crippen LogP contribution in [-0.2, 0) is 4.79 Å². The lowest BCUT2D eigenvalue weighted by Crippen LogP contribution is -2.18. The molecule has 0 aromatic heterocycles. The summed E-state index contributed by atoms with van der Waals surface area (Å²) in [5, 5.41) is 2.49. The van der Waals surface area contributed by atoms with Gasteiger partial charge in [0.2, 0.25) is 5.91 Å². The summed E-state index contributed by atoms with van der Waals surface area (Å²) in [4.78, 5) is 11.6. The van der Waals surface area contributed by atoms with E-state index in [1.807, 2.05) is 0 Å². The molecule has 0 saturated carbocycles. The van der Waals surface area contributed by atoms with Crippen LogP contribution in [0.3, 0.4) is 0 Å². The Hall–Kier alpha value is -1.14. The van der Waals surface area contributed by atoms with Crippen LogP contribution in [0.2, 0.25) is 0 Å². The summed E-state index contributed by atoms with van der Waals surface area (Å²) >= 11 is 1.66. The van der Waals surface area contributed by atoms with Gasteiger partial charge in [-0.05, 0) is 45.7 Å². The topological polar surface area (TPSA) is 41.1 Å². The van der Waals surface area contributed by atoms with E-state index in [0.29, 0.717) is 6.42 Å². The van der Waals surface area contributed by atoms with Gasteiger partial charge in [-0.1, -0.05) is 11.9 Å². The fourth-order valence-corrected chi connectivity index (χ4v) is 2.28. The van der Waals surface area contributed by atoms with Crippen molar-refractivity contribution in [2.45, 2.75) is 44.8 Å². The van der Waals surface area contributed by atoms with Gasteiger partial charge in [-0.25, -0.2) is 8.78 Å². The number of anilines is 1. The first-order valence-electron chi connectivity index (χ1n) is 6.93. The maximum Gasteiger partial charge on any atom is 0.224 e. The Kier molecular flexibility index (Phi) is 7.11. The highest BCUT2D eigenvalue weighted by atomic mass is 32.2. The van der Waals surface area contributed by atoms with Crippen molar-refractivity contribution in [3.63, 3.8) is 0 Å². The molecule has 21 heavy (non-hydrogen) atoms. The summed E-state index contributed by atoms with van der Waals surface area (Å²) in [5.74, 6) is -1.63. The van der Waals surface area contributed by atoms with Gasteiger partial charge in [0.15, 0.2) is 0 Å². The standard InChI is InChI=1S/C15H22F2N2OS/c1-15(2,3)21-18-7-5-4-6-14(20)19-13-9-11(16)8-12(17)10-13/h8-10,18H,4-7H2,1-3H3,(H,19,20). The molecule has 0 spiro atoms. The quantitative estimate of drug-likeness (QED) is 0.587. The highest BCUT2D eigenvalue weighted by molar-refractivity contribution is 7.98. The van der Waals surface area contributed by atoms with E-state index in [-0.39, 0.29) is 16.3 Å². The number of carbonyl (C=O) groups excluding carboxylic acids is 1. The Morgan fingerprint density at radius 1 is 1.14 bits per heavy atom. The number of hydrogen-bond acceptors (Lipinski definition) is 3. The number of halogens is 2. The Morgan fingerprint density at radius 3 is 2.33 bits per heavy atom. The lowest BCUT2D eigenvalue weighted by Gasteiger charge is -2.17. The van der Waals surface area contributed by atoms with Crippen molar-refractivity contribution in [3.8, 4) is 0 Å². The monoisotopic (exact) mass is 316 g/mol. The van der Waals surface area contributed by atoms with Crippen LogP contribution in [-0.4, -0.2) is 17.2 Å². The molecule has 0 heterocycles. The molecule has 0 saturated heterocycles. The van der Waals surface area contributed by atoms with E-state index in [1.165, 1.54) is 0 Å². The molecule has 0 bridgehead atoms. The van der Waals surface area contributed by atoms with E-state index in [0.717, 1.165) is 37.6 Å². The van der Waals surface area contributed by atoms with Crippen molar-refractivity contribution in [1.82, 2.24) is 4.72 Å². The molecule has 6 heteroatoms. The minimum absolute atomic E-state index is 0.152. The van der Waals surface area contributed by atoms with Gasteiger partial charge in [-0.3, -0.25) is 9.52 Å². The van der Waals surface area contributed by atoms with Gasteiger partial charge in [0.25, 0.3) is 0 Å². The van der Waals surface area contributed by atoms with Crippen molar-refractivity contribution < 1.29 is 13.6 Å². The third-order valence-electron chi connectivity index (χ3n) is 2.46. The number of amides is 1. The van der Waals surface area contributed by atoms with Crippen LogP contribution in [0.4, 0.5) is 14.5 Å². The molecule has 0 aliphatic carbocycles. The van der Waals surface area contributed by atoms with E-state index < -0.39 is 11.6 Å². The first-order valence-corrected chi connectivity index (χ1v) is 7.75. The van der Waals surface area contributed by atoms with Crippen molar-refractivity contribution in [1.29, 1.82) is 0 Å². The zero-order valence-corrected chi connectivity index (χ0v) is 13.4. The highest BCUT2D eigenvalue weighted by Crippen LogP contribution is 2.19. The second-order valence-electron chi connectivity index (χ2n) is 5.77. The summed E-state index contributed by atoms with van der Waals surface area (Å²) in [6.07, 6.45) is 1.93. The average molecular weight is 316 g/mol. The minimum Gasteiger partial charge on any atom is -0.326 e. The van der Waals surface area contributed by atoms with E-state index in [2.05, 4.69) is 30.8 Å². The molecule has 0 unspecified atom stereocenters. The van der Waals surface area contributed by atoms with Crippen molar-refractivity contribution in [2.75, 3.05) is 11.9 Å². The molecule has 0 aliphatic heterocycles. The molecule has 2 N–H and O–H groups in total. The van der Waals surface area contributed by atoms with Gasteiger partial charge in [0.05, 0.1) is 0 Å². The summed E-state index contributed by atoms with van der Waals surface area (Å²) in [7, 11) is 0. The van der Waals surface area contributed by atoms with Crippen LogP contribution >= 0.6 is 11.9 Å². The summed E-state index contributed by atoms with van der Waals surface area (Å²) in [5.41, 5.74) is 0.152. The second-order valence-corrected chi connectivity index (χ2v) is 7.49. The number of nitrogens with one attached hydrogen (secondary N) is 2. The molecule has 0 aliphatic rings. The molecule has 1 aromatic carbocycles. The fourth-order valence-electron chi connectivity index (χ4n) is 1.60. The van der Waals surface area contributed by atoms with Crippen LogP contribution in [0.15, 0.2) is 18.2 Å². The third kappa shape index (κ3) is 8.67. The summed E-state index contributed by atoms with van der Waals surface area (Å²) < 4.78 is 29.3. The van der Waals surface area contributed by atoms with Gasteiger partial charge in [0.1, 0.15) is 11.6 Å². The Bertz CT molecular complexity index is 455. The maximum absolute atomic E-state index is 13.0. The predicted octanol–water partition coefficient (Wildman–Crippen LogP) is 4.11. The highest BCUT2D eigenvalue weighted by Gasteiger charge is 2.09. The molecule has 1 amide bonds. The van der Waals surface area contributed by atoms with Gasteiger partial charge < -0.3 is 5.32 Å². The molecule has 1 rings (SSSR count). The lowest BCUT2D eigenvalue weighted by molar-refractivity contribution is -0.116. The van der Waals surface area contributed by atoms with Crippen molar-refractivity contribution in [2.24, 2.45) is 0 Å². The van der Waals surface area contributed by atoms with Crippen LogP contribution in [0.1, 0.15) is 40.0 Å². The van der Waals surface area contributed by atoms with Crippen LogP contribution in [0.25, 0.3) is 0 Å². The summed E-state index contributed by atoms with van der Waals surface area (Å²) in [6.45, 7) is 7.19. The van der Waals surface area contributed by atoms with Gasteiger partial charge >= 0.3 is 0 Å². The SMILES string of the molecule is CC(C)(C)SNCCCCC(=O)Nc1cc(F)cc(F)c1. The second kappa shape index (κ2) is 8.34. The van der Waals surface area contributed by atoms with Crippen LogP contribution < -0.4 is 10.0 Å². The fraction of sp³-hybridized carbons (Fsp3) is 0.533. The maximum atomic E-state index is 13.0. The molecule has 0 atom stereocenters. The molecule has 0 fully saturated rings. The van der Waals surface area contributed by atoms with Crippen molar-refractivity contribution >= 4 is 23.5 Å². The summed E-state index contributed by atoms with van der Waals surface area (Å²) in [6, 6.07) is 2.97. The lowest BCUT2D eigenvalue weighted by atomic mass is 10.2. The van der Waals surface area contributed by atoms with Crippen LogP contribution in [0, 0.1) is 11.6 Å². The first-order chi connectivity index (χ1) is 9.76. The van der Waals surface area contributed by atoms with Gasteiger partial charge in [0, 0.05) is 29.5 Å². The van der Waals surface area contributed by atoms with E-state index in [4.69, 9.17) is 0 Å². The Labute approximate surface area is 129 Å². The van der Waals surface area contributed by atoms with Gasteiger partial charge in [-0.15, -0.1) is 0 Å². The zero-order chi connectivity index (χ0) is 15.9. The smallest absolute Gasteiger partial charge is 0.224 e. The molecule has 0 radical (unpaired) electrons. The third-order valence-corrected chi connectivity index (χ3v) is 3.42. The molecule has 118 valence electrons. The number of benzene rings is 1. The zero-order valence-electron chi connectivity index (χ0n) is 12.6. The van der Waals surface area contributed by atoms with Crippen molar-refractivity contribution in [3.05, 3.63) is 29.8 Å². The number of carbonyl (C=O) groups is 1. The average Bonchev–Trinajstić information content (AvgIpc) is 2.30. The number of unbranched alkanes of at least 4 members (excludes halogenated alkanes) is 1. The molecule has 1 aromatic rings. The number of rotatable bonds is 7. The van der Waals surface area contributed by atoms with E-state index >= 15 is 0 Å². The normalized spacial score (nSPS) is 11.5. The molecular weight excluding hydrogens is 294 g/mol. The first kappa shape index (κ1) is 17.9. The minimum atomic E-state index is -0.700. The molecule has 3 nitrogen and oxygen atoms in total.